The topological polar surface area (TPSA) is 35.5 Å². The van der Waals surface area contributed by atoms with Gasteiger partial charge in [-0.1, -0.05) is 6.08 Å². The summed E-state index contributed by atoms with van der Waals surface area (Å²) < 4.78 is 10.2. The first-order chi connectivity index (χ1) is 6.22. The number of hydrogen-bond acceptors (Lipinski definition) is 3. The number of rotatable bonds is 3. The summed E-state index contributed by atoms with van der Waals surface area (Å²) in [4.78, 5) is 10.6. The molecule has 0 N–H and O–H groups in total. The van der Waals surface area contributed by atoms with E-state index in [1.165, 1.54) is 12.5 Å². The van der Waals surface area contributed by atoms with Crippen LogP contribution in [0, 0.1) is 0 Å². The lowest BCUT2D eigenvalue weighted by Gasteiger charge is -2.21. The van der Waals surface area contributed by atoms with E-state index < -0.39 is 0 Å². The Morgan fingerprint density at radius 1 is 1.69 bits per heavy atom. The summed E-state index contributed by atoms with van der Waals surface area (Å²) in [6.45, 7) is 1.85. The van der Waals surface area contributed by atoms with Crippen molar-refractivity contribution in [2.45, 2.75) is 32.3 Å². The molecule has 1 rings (SSSR count). The molecule has 3 nitrogen and oxygen atoms in total. The number of methoxy groups -OCH3 is 1. The first-order valence-electron chi connectivity index (χ1n) is 4.56. The fourth-order valence-corrected chi connectivity index (χ4v) is 1.46. The van der Waals surface area contributed by atoms with E-state index in [2.05, 4.69) is 6.08 Å². The van der Waals surface area contributed by atoms with Gasteiger partial charge in [0.1, 0.15) is 6.61 Å². The number of allylic oxidation sites excluding steroid dienone is 1. The van der Waals surface area contributed by atoms with E-state index >= 15 is 0 Å². The van der Waals surface area contributed by atoms with Crippen LogP contribution < -0.4 is 0 Å². The second kappa shape index (κ2) is 5.02. The largest absolute Gasteiger partial charge is 0.461 e. The third-order valence-corrected chi connectivity index (χ3v) is 2.21. The number of carbonyl (C=O) groups excluding carboxylic acids is 1. The van der Waals surface area contributed by atoms with Crippen molar-refractivity contribution in [2.24, 2.45) is 0 Å². The lowest BCUT2D eigenvalue weighted by atomic mass is 9.97. The second-order valence-electron chi connectivity index (χ2n) is 3.28. The van der Waals surface area contributed by atoms with Crippen molar-refractivity contribution in [1.82, 2.24) is 0 Å². The van der Waals surface area contributed by atoms with Gasteiger partial charge in [0.25, 0.3) is 0 Å². The van der Waals surface area contributed by atoms with Crippen LogP contribution in [0.15, 0.2) is 11.6 Å². The minimum Gasteiger partial charge on any atom is -0.461 e. The number of carbonyl (C=O) groups is 1. The van der Waals surface area contributed by atoms with Gasteiger partial charge < -0.3 is 9.47 Å². The van der Waals surface area contributed by atoms with Gasteiger partial charge in [-0.15, -0.1) is 0 Å². The smallest absolute Gasteiger partial charge is 0.302 e. The molecule has 0 aromatic heterocycles. The zero-order valence-corrected chi connectivity index (χ0v) is 8.21. The molecule has 0 bridgehead atoms. The Hall–Kier alpha value is -0.830. The molecule has 1 aliphatic rings. The van der Waals surface area contributed by atoms with E-state index in [0.717, 1.165) is 19.3 Å². The van der Waals surface area contributed by atoms with E-state index in [0.29, 0.717) is 12.7 Å². The van der Waals surface area contributed by atoms with Crippen LogP contribution >= 0.6 is 0 Å². The average Bonchev–Trinajstić information content (AvgIpc) is 2.15. The van der Waals surface area contributed by atoms with Crippen LogP contribution in [-0.4, -0.2) is 25.8 Å². The predicted molar refractivity (Wildman–Crippen MR) is 49.4 cm³/mol. The van der Waals surface area contributed by atoms with Gasteiger partial charge in [-0.2, -0.15) is 0 Å². The third kappa shape index (κ3) is 3.59. The van der Waals surface area contributed by atoms with Crippen molar-refractivity contribution in [2.75, 3.05) is 13.7 Å². The Labute approximate surface area is 78.7 Å². The summed E-state index contributed by atoms with van der Waals surface area (Å²) >= 11 is 0. The fraction of sp³-hybridized carbons (Fsp3) is 0.700. The average molecular weight is 184 g/mol. The summed E-state index contributed by atoms with van der Waals surface area (Å²) in [6, 6.07) is 0. The van der Waals surface area contributed by atoms with Crippen molar-refractivity contribution in [1.29, 1.82) is 0 Å². The van der Waals surface area contributed by atoms with Crippen molar-refractivity contribution in [3.05, 3.63) is 11.6 Å². The van der Waals surface area contributed by atoms with E-state index in [-0.39, 0.29) is 5.97 Å². The van der Waals surface area contributed by atoms with Crippen LogP contribution in [0.5, 0.6) is 0 Å². The Kier molecular flexibility index (Phi) is 3.96. The summed E-state index contributed by atoms with van der Waals surface area (Å²) in [6.07, 6.45) is 5.42. The summed E-state index contributed by atoms with van der Waals surface area (Å²) in [5, 5.41) is 0. The molecule has 0 aromatic rings. The van der Waals surface area contributed by atoms with Gasteiger partial charge in [0, 0.05) is 14.0 Å². The van der Waals surface area contributed by atoms with Gasteiger partial charge in [-0.25, -0.2) is 0 Å². The molecule has 1 aliphatic carbocycles. The van der Waals surface area contributed by atoms with E-state index in [1.807, 2.05) is 0 Å². The summed E-state index contributed by atoms with van der Waals surface area (Å²) in [7, 11) is 1.72. The molecule has 3 heteroatoms. The molecule has 0 amide bonds. The van der Waals surface area contributed by atoms with Gasteiger partial charge in [-0.05, 0) is 24.8 Å². The lowest BCUT2D eigenvalue weighted by molar-refractivity contribution is -0.140. The van der Waals surface area contributed by atoms with Gasteiger partial charge in [0.05, 0.1) is 6.10 Å². The van der Waals surface area contributed by atoms with Gasteiger partial charge in [0.2, 0.25) is 0 Å². The molecular formula is C10H16O3. The molecule has 0 radical (unpaired) electrons. The molecule has 0 saturated heterocycles. The Balaban J connectivity index is 2.33. The standard InChI is InChI=1S/C10H16O3/c1-8(11)13-7-9-4-3-5-10(6-9)12-2/h4,10H,3,5-7H2,1-2H3. The number of esters is 1. The highest BCUT2D eigenvalue weighted by molar-refractivity contribution is 5.66. The maximum Gasteiger partial charge on any atom is 0.302 e. The van der Waals surface area contributed by atoms with Crippen molar-refractivity contribution >= 4 is 5.97 Å². The Bertz CT molecular complexity index is 208. The minimum absolute atomic E-state index is 0.222. The van der Waals surface area contributed by atoms with Gasteiger partial charge in [0.15, 0.2) is 0 Å². The minimum atomic E-state index is -0.222. The van der Waals surface area contributed by atoms with Gasteiger partial charge in [-0.3, -0.25) is 4.79 Å². The molecule has 0 saturated carbocycles. The van der Waals surface area contributed by atoms with Crippen molar-refractivity contribution < 1.29 is 14.3 Å². The molecule has 0 aromatic carbocycles. The summed E-state index contributed by atoms with van der Waals surface area (Å²) in [5.41, 5.74) is 1.17. The van der Waals surface area contributed by atoms with E-state index in [9.17, 15) is 4.79 Å². The van der Waals surface area contributed by atoms with Crippen LogP contribution in [0.4, 0.5) is 0 Å². The second-order valence-corrected chi connectivity index (χ2v) is 3.28. The Morgan fingerprint density at radius 3 is 3.08 bits per heavy atom. The molecule has 13 heavy (non-hydrogen) atoms. The van der Waals surface area contributed by atoms with E-state index in [1.54, 1.807) is 7.11 Å². The van der Waals surface area contributed by atoms with Gasteiger partial charge >= 0.3 is 5.97 Å². The molecule has 0 heterocycles. The van der Waals surface area contributed by atoms with Crippen LogP contribution in [0.3, 0.4) is 0 Å². The third-order valence-electron chi connectivity index (χ3n) is 2.21. The van der Waals surface area contributed by atoms with Crippen LogP contribution in [-0.2, 0) is 14.3 Å². The summed E-state index contributed by atoms with van der Waals surface area (Å²) in [5.74, 6) is -0.222. The Morgan fingerprint density at radius 2 is 2.46 bits per heavy atom. The highest BCUT2D eigenvalue weighted by atomic mass is 16.5. The van der Waals surface area contributed by atoms with Crippen LogP contribution in [0.2, 0.25) is 0 Å². The predicted octanol–water partition coefficient (Wildman–Crippen LogP) is 1.67. The van der Waals surface area contributed by atoms with Crippen LogP contribution in [0.1, 0.15) is 26.2 Å². The SMILES string of the molecule is COC1CCC=C(COC(C)=O)C1. The first-order valence-corrected chi connectivity index (χ1v) is 4.56. The normalized spacial score (nSPS) is 22.3. The molecule has 0 spiro atoms. The maximum atomic E-state index is 10.6. The zero-order chi connectivity index (χ0) is 9.68. The highest BCUT2D eigenvalue weighted by Crippen LogP contribution is 2.20. The molecule has 1 atom stereocenters. The number of hydrogen-bond donors (Lipinski definition) is 0. The fourth-order valence-electron chi connectivity index (χ4n) is 1.46. The molecule has 74 valence electrons. The van der Waals surface area contributed by atoms with Crippen molar-refractivity contribution in [3.8, 4) is 0 Å². The number of ether oxygens (including phenoxy) is 2. The lowest BCUT2D eigenvalue weighted by Crippen LogP contribution is -2.17. The molecule has 0 fully saturated rings. The maximum absolute atomic E-state index is 10.6. The quantitative estimate of drug-likeness (QED) is 0.494. The monoisotopic (exact) mass is 184 g/mol. The van der Waals surface area contributed by atoms with E-state index in [4.69, 9.17) is 9.47 Å². The highest BCUT2D eigenvalue weighted by Gasteiger charge is 2.14. The van der Waals surface area contributed by atoms with Crippen LogP contribution in [0.25, 0.3) is 0 Å². The molecular weight excluding hydrogens is 168 g/mol. The zero-order valence-electron chi connectivity index (χ0n) is 8.21. The van der Waals surface area contributed by atoms with Crippen molar-refractivity contribution in [3.63, 3.8) is 0 Å². The molecule has 1 unspecified atom stereocenters. The first kappa shape index (κ1) is 10.3. The molecule has 0 aliphatic heterocycles.